The molecule has 0 aromatic heterocycles. The minimum absolute atomic E-state index is 0.0554. The van der Waals surface area contributed by atoms with E-state index in [2.05, 4.69) is 5.32 Å². The number of amides is 2. The summed E-state index contributed by atoms with van der Waals surface area (Å²) in [5.41, 5.74) is 1.34. The molecule has 0 heterocycles. The number of hydrogen-bond acceptors (Lipinski definition) is 4. The number of nitrogens with zero attached hydrogens (tertiary/aromatic N) is 2. The molecule has 0 bridgehead atoms. The van der Waals surface area contributed by atoms with Crippen LogP contribution in [0.15, 0.2) is 48.5 Å². The largest absolute Gasteiger partial charge is 0.352 e. The van der Waals surface area contributed by atoms with E-state index >= 15 is 0 Å². The number of sulfonamides is 1. The van der Waals surface area contributed by atoms with Crippen molar-refractivity contribution in [3.8, 4) is 0 Å². The van der Waals surface area contributed by atoms with Crippen molar-refractivity contribution in [1.29, 1.82) is 0 Å². The van der Waals surface area contributed by atoms with E-state index in [0.717, 1.165) is 37.5 Å². The Hall–Kier alpha value is -2.29. The minimum Gasteiger partial charge on any atom is -0.352 e. The zero-order valence-electron chi connectivity index (χ0n) is 21.3. The van der Waals surface area contributed by atoms with Crippen LogP contribution in [0.25, 0.3) is 0 Å². The predicted molar refractivity (Wildman–Crippen MR) is 150 cm³/mol. The number of rotatable bonds is 12. The van der Waals surface area contributed by atoms with Crippen LogP contribution in [0, 0.1) is 0 Å². The number of anilines is 1. The molecule has 3 rings (SSSR count). The Kier molecular flexibility index (Phi) is 10.7. The molecule has 0 radical (unpaired) electrons. The molecule has 0 unspecified atom stereocenters. The lowest BCUT2D eigenvalue weighted by Crippen LogP contribution is -2.50. The Balaban J connectivity index is 1.69. The maximum absolute atomic E-state index is 13.4. The molecule has 2 aromatic rings. The highest BCUT2D eigenvalue weighted by Gasteiger charge is 2.28. The molecule has 2 aromatic carbocycles. The summed E-state index contributed by atoms with van der Waals surface area (Å²) in [5, 5.41) is 3.70. The lowest BCUT2D eigenvalue weighted by Gasteiger charge is -2.30. The van der Waals surface area contributed by atoms with Gasteiger partial charge in [0.05, 0.1) is 17.0 Å². The van der Waals surface area contributed by atoms with Crippen LogP contribution in [0.5, 0.6) is 0 Å². The zero-order chi connectivity index (χ0) is 27.0. The molecule has 1 atom stereocenters. The van der Waals surface area contributed by atoms with Crippen molar-refractivity contribution in [1.82, 2.24) is 10.2 Å². The summed E-state index contributed by atoms with van der Waals surface area (Å²) in [5.74, 6) is -0.354. The number of hydrogen-bond donors (Lipinski definition) is 1. The summed E-state index contributed by atoms with van der Waals surface area (Å²) in [6.45, 7) is 2.19. The SMILES string of the molecule is C[C@@H](C(=O)NC1CCCC1)N(CCc1ccccc1)C(=O)CCCN(c1cc(Cl)ccc1Cl)S(C)(=O)=O. The van der Waals surface area contributed by atoms with Gasteiger partial charge in [-0.1, -0.05) is 66.4 Å². The van der Waals surface area contributed by atoms with Crippen molar-refractivity contribution in [2.45, 2.75) is 64.0 Å². The average Bonchev–Trinajstić information content (AvgIpc) is 3.36. The van der Waals surface area contributed by atoms with E-state index in [0.29, 0.717) is 18.0 Å². The Labute approximate surface area is 230 Å². The van der Waals surface area contributed by atoms with Gasteiger partial charge in [0, 0.05) is 30.6 Å². The lowest BCUT2D eigenvalue weighted by atomic mass is 10.1. The fourth-order valence-corrected chi connectivity index (χ4v) is 6.03. The summed E-state index contributed by atoms with van der Waals surface area (Å²) >= 11 is 12.3. The highest BCUT2D eigenvalue weighted by Crippen LogP contribution is 2.31. The Bertz CT molecular complexity index is 1170. The molecule has 37 heavy (non-hydrogen) atoms. The first-order chi connectivity index (χ1) is 17.6. The molecule has 10 heteroatoms. The van der Waals surface area contributed by atoms with Crippen molar-refractivity contribution < 1.29 is 18.0 Å². The zero-order valence-corrected chi connectivity index (χ0v) is 23.7. The van der Waals surface area contributed by atoms with Gasteiger partial charge in [0.15, 0.2) is 0 Å². The quantitative estimate of drug-likeness (QED) is 0.388. The molecule has 1 aliphatic rings. The van der Waals surface area contributed by atoms with Crippen LogP contribution in [0.4, 0.5) is 5.69 Å². The van der Waals surface area contributed by atoms with Gasteiger partial charge in [-0.3, -0.25) is 13.9 Å². The third-order valence-electron chi connectivity index (χ3n) is 6.68. The van der Waals surface area contributed by atoms with Gasteiger partial charge in [-0.15, -0.1) is 0 Å². The molecular weight excluding hydrogens is 533 g/mol. The summed E-state index contributed by atoms with van der Waals surface area (Å²) in [6.07, 6.45) is 6.17. The first-order valence-electron chi connectivity index (χ1n) is 12.6. The molecule has 1 aliphatic carbocycles. The van der Waals surface area contributed by atoms with Crippen molar-refractivity contribution in [3.05, 3.63) is 64.1 Å². The van der Waals surface area contributed by atoms with Gasteiger partial charge in [-0.2, -0.15) is 0 Å². The summed E-state index contributed by atoms with van der Waals surface area (Å²) in [6, 6.07) is 13.9. The van der Waals surface area contributed by atoms with E-state index in [1.54, 1.807) is 24.0 Å². The molecule has 202 valence electrons. The van der Waals surface area contributed by atoms with E-state index in [-0.39, 0.29) is 48.0 Å². The van der Waals surface area contributed by atoms with Crippen LogP contribution in [0.3, 0.4) is 0 Å². The maximum Gasteiger partial charge on any atom is 0.242 e. The lowest BCUT2D eigenvalue weighted by molar-refractivity contribution is -0.140. The van der Waals surface area contributed by atoms with E-state index in [4.69, 9.17) is 23.2 Å². The number of carbonyl (C=O) groups is 2. The van der Waals surface area contributed by atoms with Crippen LogP contribution >= 0.6 is 23.2 Å². The third-order valence-corrected chi connectivity index (χ3v) is 8.42. The van der Waals surface area contributed by atoms with Gasteiger partial charge >= 0.3 is 0 Å². The summed E-state index contributed by atoms with van der Waals surface area (Å²) in [7, 11) is -3.66. The molecular formula is C27H35Cl2N3O4S. The first kappa shape index (κ1) is 29.3. The molecule has 0 aliphatic heterocycles. The smallest absolute Gasteiger partial charge is 0.242 e. The van der Waals surface area contributed by atoms with E-state index in [1.807, 2.05) is 30.3 Å². The van der Waals surface area contributed by atoms with Gasteiger partial charge in [0.25, 0.3) is 0 Å². The van der Waals surface area contributed by atoms with Gasteiger partial charge in [0.1, 0.15) is 6.04 Å². The molecule has 1 fully saturated rings. The molecule has 1 saturated carbocycles. The molecule has 2 amide bonds. The molecule has 7 nitrogen and oxygen atoms in total. The van der Waals surface area contributed by atoms with Gasteiger partial charge in [-0.05, 0) is 56.4 Å². The predicted octanol–water partition coefficient (Wildman–Crippen LogP) is 5.06. The van der Waals surface area contributed by atoms with Crippen LogP contribution in [0.1, 0.15) is 51.0 Å². The molecule has 1 N–H and O–H groups in total. The highest BCUT2D eigenvalue weighted by atomic mass is 35.5. The van der Waals surface area contributed by atoms with Crippen LogP contribution < -0.4 is 9.62 Å². The Morgan fingerprint density at radius 3 is 2.38 bits per heavy atom. The number of nitrogens with one attached hydrogen (secondary N) is 1. The number of benzene rings is 2. The molecule has 0 saturated heterocycles. The monoisotopic (exact) mass is 567 g/mol. The van der Waals surface area contributed by atoms with Crippen molar-refractivity contribution in [2.24, 2.45) is 0 Å². The first-order valence-corrected chi connectivity index (χ1v) is 15.2. The maximum atomic E-state index is 13.4. The van der Waals surface area contributed by atoms with Gasteiger partial charge in [0.2, 0.25) is 21.8 Å². The summed E-state index contributed by atoms with van der Waals surface area (Å²) in [4.78, 5) is 28.0. The normalized spacial score (nSPS) is 14.8. The second-order valence-electron chi connectivity index (χ2n) is 9.52. The average molecular weight is 569 g/mol. The van der Waals surface area contributed by atoms with Crippen molar-refractivity contribution >= 4 is 50.7 Å². The van der Waals surface area contributed by atoms with Crippen LogP contribution in [0.2, 0.25) is 10.0 Å². The van der Waals surface area contributed by atoms with Crippen LogP contribution in [-0.4, -0.2) is 56.6 Å². The van der Waals surface area contributed by atoms with E-state index < -0.39 is 16.1 Å². The van der Waals surface area contributed by atoms with Crippen molar-refractivity contribution in [2.75, 3.05) is 23.7 Å². The second-order valence-corrected chi connectivity index (χ2v) is 12.3. The second kappa shape index (κ2) is 13.5. The van der Waals surface area contributed by atoms with Crippen molar-refractivity contribution in [3.63, 3.8) is 0 Å². The molecule has 0 spiro atoms. The standard InChI is InChI=1S/C27H35Cl2N3O4S/c1-20(27(34)30-23-11-6-7-12-23)31(18-16-21-9-4-3-5-10-21)26(33)13-8-17-32(37(2,35)36)25-19-22(28)14-15-24(25)29/h3-5,9-10,14-15,19-20,23H,6-8,11-13,16-18H2,1-2H3,(H,30,34)/t20-/m0/s1. The number of halogens is 2. The minimum atomic E-state index is -3.66. The highest BCUT2D eigenvalue weighted by molar-refractivity contribution is 7.92. The van der Waals surface area contributed by atoms with Gasteiger partial charge in [-0.25, -0.2) is 8.42 Å². The topological polar surface area (TPSA) is 86.8 Å². The van der Waals surface area contributed by atoms with E-state index in [1.165, 1.54) is 10.4 Å². The summed E-state index contributed by atoms with van der Waals surface area (Å²) < 4.78 is 26.2. The fourth-order valence-electron chi connectivity index (χ4n) is 4.62. The number of carbonyl (C=O) groups excluding carboxylic acids is 2. The fraction of sp³-hybridized carbons (Fsp3) is 0.481. The Morgan fingerprint density at radius 1 is 1.05 bits per heavy atom. The van der Waals surface area contributed by atoms with Crippen LogP contribution in [-0.2, 0) is 26.0 Å². The van der Waals surface area contributed by atoms with E-state index in [9.17, 15) is 18.0 Å². The Morgan fingerprint density at radius 2 is 1.73 bits per heavy atom. The van der Waals surface area contributed by atoms with Gasteiger partial charge < -0.3 is 10.2 Å². The third kappa shape index (κ3) is 8.62.